The van der Waals surface area contributed by atoms with Crippen LogP contribution in [0.4, 0.5) is 0 Å². The second kappa shape index (κ2) is 3.20. The molecule has 15 heavy (non-hydrogen) atoms. The number of para-hydroxylation sites is 1. The van der Waals surface area contributed by atoms with Crippen LogP contribution < -0.4 is 0 Å². The first-order valence-electron chi connectivity index (χ1n) is 4.58. The Morgan fingerprint density at radius 3 is 2.67 bits per heavy atom. The molecule has 2 aromatic rings. The predicted molar refractivity (Wildman–Crippen MR) is 54.2 cm³/mol. The number of aromatic nitrogens is 1. The zero-order valence-corrected chi connectivity index (χ0v) is 7.78. The number of hydrogen-bond acceptors (Lipinski definition) is 5. The fraction of sp³-hybridized carbons (Fsp3) is 0.100. The van der Waals surface area contributed by atoms with Gasteiger partial charge in [-0.25, -0.2) is 0 Å². The van der Waals surface area contributed by atoms with Crippen molar-refractivity contribution in [2.24, 2.45) is 20.7 Å². The van der Waals surface area contributed by atoms with E-state index in [0.717, 1.165) is 16.5 Å². The van der Waals surface area contributed by atoms with E-state index >= 15 is 0 Å². The molecule has 0 radical (unpaired) electrons. The molecule has 0 bridgehead atoms. The van der Waals surface area contributed by atoms with Gasteiger partial charge in [0, 0.05) is 17.1 Å². The van der Waals surface area contributed by atoms with Crippen LogP contribution in [0.5, 0.6) is 0 Å². The molecule has 0 aliphatic carbocycles. The largest absolute Gasteiger partial charge is 0.256 e. The normalized spacial score (nSPS) is 15.2. The maximum atomic E-state index is 4.32. The average Bonchev–Trinajstić information content (AvgIpc) is 2.82. The SMILES string of the molecule is c1ccc2ncc(C3N=NN=N3)cc2c1. The van der Waals surface area contributed by atoms with Crippen molar-refractivity contribution in [3.63, 3.8) is 0 Å². The van der Waals surface area contributed by atoms with E-state index < -0.39 is 0 Å². The first-order valence-corrected chi connectivity index (χ1v) is 4.58. The van der Waals surface area contributed by atoms with Gasteiger partial charge in [-0.15, -0.1) is 10.2 Å². The van der Waals surface area contributed by atoms with Crippen molar-refractivity contribution < 1.29 is 0 Å². The van der Waals surface area contributed by atoms with Crippen molar-refractivity contribution in [1.82, 2.24) is 4.98 Å². The van der Waals surface area contributed by atoms with E-state index in [2.05, 4.69) is 25.7 Å². The minimum absolute atomic E-state index is 0.317. The number of nitrogens with zero attached hydrogens (tertiary/aromatic N) is 5. The van der Waals surface area contributed by atoms with Gasteiger partial charge in [0.2, 0.25) is 6.17 Å². The van der Waals surface area contributed by atoms with Crippen molar-refractivity contribution >= 4 is 10.9 Å². The fourth-order valence-corrected chi connectivity index (χ4v) is 1.53. The number of rotatable bonds is 1. The van der Waals surface area contributed by atoms with Crippen LogP contribution in [0.1, 0.15) is 11.7 Å². The molecule has 0 unspecified atom stereocenters. The summed E-state index contributed by atoms with van der Waals surface area (Å²) in [4.78, 5) is 4.32. The van der Waals surface area contributed by atoms with E-state index in [-0.39, 0.29) is 6.17 Å². The number of fused-ring (bicyclic) bond motifs is 1. The summed E-state index contributed by atoms with van der Waals surface area (Å²) in [5.41, 5.74) is 1.88. The number of pyridine rings is 1. The van der Waals surface area contributed by atoms with Crippen LogP contribution in [0.3, 0.4) is 0 Å². The Morgan fingerprint density at radius 1 is 1.00 bits per heavy atom. The van der Waals surface area contributed by atoms with Crippen LogP contribution in [0.25, 0.3) is 10.9 Å². The summed E-state index contributed by atoms with van der Waals surface area (Å²) < 4.78 is 0. The lowest BCUT2D eigenvalue weighted by atomic mass is 10.1. The zero-order valence-electron chi connectivity index (χ0n) is 7.78. The number of hydrogen-bond donors (Lipinski definition) is 0. The summed E-state index contributed by atoms with van der Waals surface area (Å²) in [5, 5.41) is 15.8. The molecule has 0 N–H and O–H groups in total. The molecule has 1 aromatic carbocycles. The van der Waals surface area contributed by atoms with E-state index in [1.54, 1.807) is 6.20 Å². The summed E-state index contributed by atoms with van der Waals surface area (Å²) in [6.45, 7) is 0. The maximum Gasteiger partial charge on any atom is 0.211 e. The molecule has 5 heteroatoms. The molecule has 0 spiro atoms. The van der Waals surface area contributed by atoms with E-state index in [9.17, 15) is 0 Å². The topological polar surface area (TPSA) is 62.3 Å². The third-order valence-electron chi connectivity index (χ3n) is 2.27. The summed E-state index contributed by atoms with van der Waals surface area (Å²) in [6, 6.07) is 9.93. The summed E-state index contributed by atoms with van der Waals surface area (Å²) >= 11 is 0. The quantitative estimate of drug-likeness (QED) is 0.692. The third kappa shape index (κ3) is 1.38. The van der Waals surface area contributed by atoms with Gasteiger partial charge in [0.1, 0.15) is 0 Å². The van der Waals surface area contributed by atoms with E-state index in [1.807, 2.05) is 30.3 Å². The molecule has 0 saturated heterocycles. The van der Waals surface area contributed by atoms with Crippen LogP contribution in [-0.4, -0.2) is 4.98 Å². The maximum absolute atomic E-state index is 4.32. The minimum Gasteiger partial charge on any atom is -0.256 e. The molecule has 0 saturated carbocycles. The van der Waals surface area contributed by atoms with Gasteiger partial charge in [0.05, 0.1) is 5.52 Å². The first-order chi connectivity index (χ1) is 7.43. The Labute approximate surface area is 85.6 Å². The molecule has 0 fully saturated rings. The Morgan fingerprint density at radius 2 is 1.80 bits per heavy atom. The van der Waals surface area contributed by atoms with Crippen molar-refractivity contribution in [3.8, 4) is 0 Å². The van der Waals surface area contributed by atoms with Crippen molar-refractivity contribution in [3.05, 3.63) is 42.1 Å². The average molecular weight is 197 g/mol. The Hall–Kier alpha value is -2.17. The Bertz CT molecular complexity index is 548. The molecule has 1 aromatic heterocycles. The Balaban J connectivity index is 2.13. The summed E-state index contributed by atoms with van der Waals surface area (Å²) in [7, 11) is 0. The summed E-state index contributed by atoms with van der Waals surface area (Å²) in [5.74, 6) is 0. The van der Waals surface area contributed by atoms with E-state index in [1.165, 1.54) is 0 Å². The molecular formula is C10H7N5. The van der Waals surface area contributed by atoms with Gasteiger partial charge >= 0.3 is 0 Å². The van der Waals surface area contributed by atoms with Crippen LogP contribution >= 0.6 is 0 Å². The van der Waals surface area contributed by atoms with Crippen LogP contribution in [0.2, 0.25) is 0 Å². The van der Waals surface area contributed by atoms with Crippen LogP contribution in [-0.2, 0) is 0 Å². The van der Waals surface area contributed by atoms with Gasteiger partial charge in [0.15, 0.2) is 0 Å². The molecule has 72 valence electrons. The lowest BCUT2D eigenvalue weighted by molar-refractivity contribution is 0.762. The van der Waals surface area contributed by atoms with Gasteiger partial charge in [0.25, 0.3) is 0 Å². The molecule has 3 rings (SSSR count). The monoisotopic (exact) mass is 197 g/mol. The fourth-order valence-electron chi connectivity index (χ4n) is 1.53. The van der Waals surface area contributed by atoms with Gasteiger partial charge in [-0.3, -0.25) is 4.98 Å². The standard InChI is InChI=1S/C10H7N5/c1-2-4-9-7(3-1)5-8(6-11-9)10-12-14-15-13-10/h1-6,10H. The number of benzene rings is 1. The van der Waals surface area contributed by atoms with Crippen molar-refractivity contribution in [1.29, 1.82) is 0 Å². The molecule has 1 aliphatic rings. The highest BCUT2D eigenvalue weighted by atomic mass is 15.6. The molecule has 5 nitrogen and oxygen atoms in total. The second-order valence-corrected chi connectivity index (χ2v) is 3.24. The van der Waals surface area contributed by atoms with Gasteiger partial charge < -0.3 is 0 Å². The van der Waals surface area contributed by atoms with Gasteiger partial charge in [-0.2, -0.15) is 0 Å². The van der Waals surface area contributed by atoms with Crippen LogP contribution in [0, 0.1) is 0 Å². The smallest absolute Gasteiger partial charge is 0.211 e. The minimum atomic E-state index is -0.317. The lowest BCUT2D eigenvalue weighted by Crippen LogP contribution is -1.90. The van der Waals surface area contributed by atoms with Crippen LogP contribution in [0.15, 0.2) is 57.2 Å². The highest BCUT2D eigenvalue weighted by Gasteiger charge is 2.13. The highest BCUT2D eigenvalue weighted by Crippen LogP contribution is 2.25. The molecule has 2 heterocycles. The molecule has 1 aliphatic heterocycles. The predicted octanol–water partition coefficient (Wildman–Crippen LogP) is 3.07. The summed E-state index contributed by atoms with van der Waals surface area (Å²) in [6.07, 6.45) is 1.44. The zero-order chi connectivity index (χ0) is 10.1. The lowest BCUT2D eigenvalue weighted by Gasteiger charge is -2.02. The van der Waals surface area contributed by atoms with Gasteiger partial charge in [-0.05, 0) is 22.6 Å². The van der Waals surface area contributed by atoms with E-state index in [4.69, 9.17) is 0 Å². The molecular weight excluding hydrogens is 190 g/mol. The molecule has 0 amide bonds. The van der Waals surface area contributed by atoms with Crippen molar-refractivity contribution in [2.45, 2.75) is 6.17 Å². The van der Waals surface area contributed by atoms with Gasteiger partial charge in [-0.1, -0.05) is 18.2 Å². The highest BCUT2D eigenvalue weighted by molar-refractivity contribution is 5.78. The Kier molecular flexibility index (Phi) is 1.74. The third-order valence-corrected chi connectivity index (χ3v) is 2.27. The van der Waals surface area contributed by atoms with Crippen molar-refractivity contribution in [2.75, 3.05) is 0 Å². The second-order valence-electron chi connectivity index (χ2n) is 3.24. The van der Waals surface area contributed by atoms with E-state index in [0.29, 0.717) is 0 Å². The molecule has 0 atom stereocenters. The first kappa shape index (κ1) is 8.16.